The fourth-order valence-electron chi connectivity index (χ4n) is 4.49. The first-order valence-electron chi connectivity index (χ1n) is 10.5. The molecule has 0 N–H and O–H groups in total. The second kappa shape index (κ2) is 8.46. The van der Waals surface area contributed by atoms with Crippen LogP contribution in [0.2, 0.25) is 0 Å². The zero-order valence-electron chi connectivity index (χ0n) is 16.7. The molecule has 28 heavy (non-hydrogen) atoms. The summed E-state index contributed by atoms with van der Waals surface area (Å²) in [5.74, 6) is 0.0714. The fourth-order valence-corrected chi connectivity index (χ4v) is 4.49. The minimum absolute atomic E-state index is 0.0714. The third-order valence-electron chi connectivity index (χ3n) is 6.10. The largest absolute Gasteiger partial charge is 0.360 e. The number of ether oxygens (including phenoxy) is 1. The Morgan fingerprint density at radius 1 is 1.00 bits per heavy atom. The van der Waals surface area contributed by atoms with Gasteiger partial charge in [-0.2, -0.15) is 0 Å². The maximum Gasteiger partial charge on any atom is 0.255 e. The minimum atomic E-state index is -0.376. The molecule has 2 heterocycles. The van der Waals surface area contributed by atoms with Crippen molar-refractivity contribution in [1.29, 1.82) is 0 Å². The van der Waals surface area contributed by atoms with Crippen molar-refractivity contribution in [1.82, 2.24) is 4.90 Å². The number of piperidine rings is 1. The van der Waals surface area contributed by atoms with Gasteiger partial charge in [0, 0.05) is 18.8 Å². The zero-order chi connectivity index (χ0) is 19.4. The molecule has 0 bridgehead atoms. The van der Waals surface area contributed by atoms with E-state index in [1.165, 1.54) is 12.0 Å². The van der Waals surface area contributed by atoms with Crippen molar-refractivity contribution in [2.24, 2.45) is 0 Å². The topological polar surface area (TPSA) is 32.8 Å². The first kappa shape index (κ1) is 19.2. The molecule has 2 saturated heterocycles. The summed E-state index contributed by atoms with van der Waals surface area (Å²) in [6.45, 7) is 5.77. The Morgan fingerprint density at radius 2 is 1.64 bits per heavy atom. The number of likely N-dealkylation sites (tertiary alicyclic amines) is 1. The highest BCUT2D eigenvalue weighted by Crippen LogP contribution is 2.35. The molecule has 4 nitrogen and oxygen atoms in total. The fraction of sp³-hybridized carbons (Fsp3) is 0.458. The van der Waals surface area contributed by atoms with Crippen molar-refractivity contribution in [3.63, 3.8) is 0 Å². The zero-order valence-corrected chi connectivity index (χ0v) is 16.7. The molecular formula is C24H30N2O2. The Hall–Kier alpha value is -2.17. The van der Waals surface area contributed by atoms with E-state index in [-0.39, 0.29) is 17.6 Å². The Morgan fingerprint density at radius 3 is 2.32 bits per heavy atom. The van der Waals surface area contributed by atoms with Gasteiger partial charge in [-0.3, -0.25) is 4.79 Å². The standard InChI is InChI=1S/C24H30N2O2/c1-20-23(27)26(22-12-6-3-7-13-22)19-24(28-20)14-17-25(18-15-24)16-8-11-21-9-4-2-5-10-21/h2-7,9-10,12-13,20H,8,11,14-19H2,1H3. The highest BCUT2D eigenvalue weighted by molar-refractivity contribution is 5.97. The SMILES string of the molecule is CC1OC2(CCN(CCCc3ccccc3)CC2)CN(c2ccccc2)C1=O. The Balaban J connectivity index is 1.33. The van der Waals surface area contributed by atoms with E-state index in [2.05, 4.69) is 35.2 Å². The molecule has 0 aliphatic carbocycles. The molecular weight excluding hydrogens is 348 g/mol. The van der Waals surface area contributed by atoms with Gasteiger partial charge in [0.25, 0.3) is 5.91 Å². The molecule has 0 radical (unpaired) electrons. The van der Waals surface area contributed by atoms with E-state index in [1.807, 2.05) is 42.2 Å². The summed E-state index contributed by atoms with van der Waals surface area (Å²) in [4.78, 5) is 17.2. The molecule has 0 aromatic heterocycles. The van der Waals surface area contributed by atoms with Crippen LogP contribution in [0.15, 0.2) is 60.7 Å². The van der Waals surface area contributed by atoms with Gasteiger partial charge in [0.05, 0.1) is 12.1 Å². The van der Waals surface area contributed by atoms with Crippen LogP contribution in [-0.4, -0.2) is 48.7 Å². The molecule has 2 aliphatic heterocycles. The van der Waals surface area contributed by atoms with Crippen molar-refractivity contribution < 1.29 is 9.53 Å². The molecule has 1 spiro atoms. The highest BCUT2D eigenvalue weighted by atomic mass is 16.5. The molecule has 4 heteroatoms. The van der Waals surface area contributed by atoms with Crippen molar-refractivity contribution in [3.05, 3.63) is 66.2 Å². The maximum atomic E-state index is 12.7. The van der Waals surface area contributed by atoms with Gasteiger partial charge in [0.15, 0.2) is 0 Å². The predicted octanol–water partition coefficient (Wildman–Crippen LogP) is 3.91. The molecule has 1 unspecified atom stereocenters. The van der Waals surface area contributed by atoms with E-state index >= 15 is 0 Å². The number of hydrogen-bond donors (Lipinski definition) is 0. The number of para-hydroxylation sites is 1. The number of anilines is 1. The van der Waals surface area contributed by atoms with E-state index < -0.39 is 0 Å². The van der Waals surface area contributed by atoms with Crippen LogP contribution in [-0.2, 0) is 16.0 Å². The van der Waals surface area contributed by atoms with E-state index in [4.69, 9.17) is 4.74 Å². The van der Waals surface area contributed by atoms with Crippen molar-refractivity contribution in [2.45, 2.75) is 44.3 Å². The molecule has 2 fully saturated rings. The summed E-state index contributed by atoms with van der Waals surface area (Å²) < 4.78 is 6.28. The van der Waals surface area contributed by atoms with Gasteiger partial charge in [0.2, 0.25) is 0 Å². The van der Waals surface area contributed by atoms with Gasteiger partial charge in [-0.25, -0.2) is 0 Å². The van der Waals surface area contributed by atoms with Crippen molar-refractivity contribution in [2.75, 3.05) is 31.1 Å². The minimum Gasteiger partial charge on any atom is -0.360 e. The predicted molar refractivity (Wildman–Crippen MR) is 113 cm³/mol. The van der Waals surface area contributed by atoms with E-state index in [1.54, 1.807) is 0 Å². The molecule has 2 aromatic rings. The monoisotopic (exact) mass is 378 g/mol. The van der Waals surface area contributed by atoms with Crippen LogP contribution < -0.4 is 4.90 Å². The molecule has 0 saturated carbocycles. The molecule has 2 aromatic carbocycles. The summed E-state index contributed by atoms with van der Waals surface area (Å²) in [5.41, 5.74) is 2.18. The van der Waals surface area contributed by atoms with Gasteiger partial charge in [-0.05, 0) is 56.8 Å². The van der Waals surface area contributed by atoms with Gasteiger partial charge in [-0.1, -0.05) is 48.5 Å². The number of morpholine rings is 1. The van der Waals surface area contributed by atoms with Gasteiger partial charge < -0.3 is 14.5 Å². The van der Waals surface area contributed by atoms with Crippen LogP contribution in [0.5, 0.6) is 0 Å². The summed E-state index contributed by atoms with van der Waals surface area (Å²) in [7, 11) is 0. The van der Waals surface area contributed by atoms with Crippen LogP contribution >= 0.6 is 0 Å². The van der Waals surface area contributed by atoms with Crippen LogP contribution in [0, 0.1) is 0 Å². The molecule has 148 valence electrons. The lowest BCUT2D eigenvalue weighted by atomic mass is 9.88. The van der Waals surface area contributed by atoms with Gasteiger partial charge in [0.1, 0.15) is 6.10 Å². The number of hydrogen-bond acceptors (Lipinski definition) is 3. The lowest BCUT2D eigenvalue weighted by Gasteiger charge is -2.49. The van der Waals surface area contributed by atoms with Crippen LogP contribution in [0.25, 0.3) is 0 Å². The first-order valence-corrected chi connectivity index (χ1v) is 10.5. The summed E-state index contributed by atoms with van der Waals surface area (Å²) in [5, 5.41) is 0. The second-order valence-electron chi connectivity index (χ2n) is 8.13. The third kappa shape index (κ3) is 4.29. The molecule has 2 aliphatic rings. The summed E-state index contributed by atoms with van der Waals surface area (Å²) in [6.07, 6.45) is 3.91. The normalized spacial score (nSPS) is 22.5. The smallest absolute Gasteiger partial charge is 0.255 e. The average molecular weight is 379 g/mol. The Kier molecular flexibility index (Phi) is 5.79. The van der Waals surface area contributed by atoms with E-state index in [0.29, 0.717) is 6.54 Å². The second-order valence-corrected chi connectivity index (χ2v) is 8.13. The number of benzene rings is 2. The molecule has 1 atom stereocenters. The highest BCUT2D eigenvalue weighted by Gasteiger charge is 2.45. The summed E-state index contributed by atoms with van der Waals surface area (Å²) >= 11 is 0. The van der Waals surface area contributed by atoms with Crippen LogP contribution in [0.1, 0.15) is 31.7 Å². The van der Waals surface area contributed by atoms with Gasteiger partial charge >= 0.3 is 0 Å². The summed E-state index contributed by atoms with van der Waals surface area (Å²) in [6, 6.07) is 20.7. The lowest BCUT2D eigenvalue weighted by Crippen LogP contribution is -2.61. The number of amides is 1. The Labute approximate surface area is 168 Å². The van der Waals surface area contributed by atoms with Crippen LogP contribution in [0.3, 0.4) is 0 Å². The quantitative estimate of drug-likeness (QED) is 0.791. The van der Waals surface area contributed by atoms with Crippen molar-refractivity contribution >= 4 is 11.6 Å². The lowest BCUT2D eigenvalue weighted by molar-refractivity contribution is -0.161. The molecule has 4 rings (SSSR count). The Bertz CT molecular complexity index is 770. The number of aryl methyl sites for hydroxylation is 1. The van der Waals surface area contributed by atoms with E-state index in [9.17, 15) is 4.79 Å². The molecule has 1 amide bonds. The number of rotatable bonds is 5. The number of carbonyl (C=O) groups is 1. The van der Waals surface area contributed by atoms with Gasteiger partial charge in [-0.15, -0.1) is 0 Å². The van der Waals surface area contributed by atoms with E-state index in [0.717, 1.165) is 44.6 Å². The van der Waals surface area contributed by atoms with Crippen molar-refractivity contribution in [3.8, 4) is 0 Å². The third-order valence-corrected chi connectivity index (χ3v) is 6.10. The average Bonchev–Trinajstić information content (AvgIpc) is 2.74. The van der Waals surface area contributed by atoms with Crippen LogP contribution in [0.4, 0.5) is 5.69 Å². The number of nitrogens with zero attached hydrogens (tertiary/aromatic N) is 2. The first-order chi connectivity index (χ1) is 13.7. The maximum absolute atomic E-state index is 12.7. The number of carbonyl (C=O) groups excluding carboxylic acids is 1.